The third-order valence-corrected chi connectivity index (χ3v) is 4.52. The molecule has 1 nitrogen and oxygen atoms in total. The molecule has 2 aromatic rings. The first-order valence-corrected chi connectivity index (χ1v) is 8.92. The molecule has 2 aromatic carbocycles. The van der Waals surface area contributed by atoms with E-state index in [1.807, 2.05) is 0 Å². The molecule has 2 rings (SSSR count). The number of hydrogen-bond donors (Lipinski definition) is 1. The van der Waals surface area contributed by atoms with Crippen molar-refractivity contribution in [1.82, 2.24) is 0 Å². The zero-order valence-corrected chi connectivity index (χ0v) is 15.3. The Hall–Kier alpha value is -1.76. The Kier molecular flexibility index (Phi) is 6.27. The minimum absolute atomic E-state index is 0.507. The average Bonchev–Trinajstić information content (AvgIpc) is 2.53. The van der Waals surface area contributed by atoms with E-state index in [4.69, 9.17) is 0 Å². The predicted octanol–water partition coefficient (Wildman–Crippen LogP) is 5.97. The fraction of sp³-hybridized carbons (Fsp3) is 0.455. The second kappa shape index (κ2) is 8.19. The van der Waals surface area contributed by atoms with Gasteiger partial charge in [-0.25, -0.2) is 0 Å². The van der Waals surface area contributed by atoms with E-state index in [1.54, 1.807) is 0 Å². The minimum Gasteiger partial charge on any atom is -0.384 e. The number of hydrogen-bond acceptors (Lipinski definition) is 1. The van der Waals surface area contributed by atoms with Crippen LogP contribution in [0.15, 0.2) is 42.5 Å². The zero-order chi connectivity index (χ0) is 16.8. The third-order valence-electron chi connectivity index (χ3n) is 4.52. The van der Waals surface area contributed by atoms with Crippen molar-refractivity contribution in [1.29, 1.82) is 0 Å². The molecule has 1 atom stereocenters. The number of para-hydroxylation sites is 1. The first kappa shape index (κ1) is 17.6. The van der Waals surface area contributed by atoms with E-state index in [0.29, 0.717) is 11.8 Å². The molecule has 0 spiro atoms. The largest absolute Gasteiger partial charge is 0.384 e. The lowest BCUT2D eigenvalue weighted by Gasteiger charge is -2.18. The normalized spacial score (nSPS) is 12.4. The molecule has 0 bridgehead atoms. The van der Waals surface area contributed by atoms with Crippen LogP contribution in [0, 0.1) is 12.8 Å². The molecule has 1 N–H and O–H groups in total. The van der Waals surface area contributed by atoms with E-state index in [2.05, 4.69) is 82.4 Å². The summed E-state index contributed by atoms with van der Waals surface area (Å²) in [5.41, 5.74) is 6.92. The van der Waals surface area contributed by atoms with Gasteiger partial charge in [0.2, 0.25) is 0 Å². The van der Waals surface area contributed by atoms with Crippen molar-refractivity contribution >= 4 is 5.69 Å². The third kappa shape index (κ3) is 4.86. The highest BCUT2D eigenvalue weighted by Crippen LogP contribution is 2.23. The van der Waals surface area contributed by atoms with E-state index >= 15 is 0 Å². The number of nitrogens with one attached hydrogen (secondary N) is 1. The zero-order valence-electron chi connectivity index (χ0n) is 15.3. The van der Waals surface area contributed by atoms with Crippen LogP contribution in [0.25, 0.3) is 0 Å². The molecule has 0 fully saturated rings. The van der Waals surface area contributed by atoms with Crippen LogP contribution in [0.2, 0.25) is 0 Å². The molecule has 0 aliphatic rings. The summed E-state index contributed by atoms with van der Waals surface area (Å²) in [6, 6.07) is 15.7. The second-order valence-corrected chi connectivity index (χ2v) is 7.08. The van der Waals surface area contributed by atoms with Gasteiger partial charge >= 0.3 is 0 Å². The fourth-order valence-corrected chi connectivity index (χ4v) is 3.10. The molecule has 0 radical (unpaired) electrons. The van der Waals surface area contributed by atoms with Gasteiger partial charge < -0.3 is 5.32 Å². The van der Waals surface area contributed by atoms with E-state index in [1.165, 1.54) is 27.9 Å². The molecule has 124 valence electrons. The quantitative estimate of drug-likeness (QED) is 0.664. The van der Waals surface area contributed by atoms with Gasteiger partial charge in [-0.05, 0) is 53.9 Å². The lowest BCUT2D eigenvalue weighted by molar-refractivity contribution is 0.647. The highest BCUT2D eigenvalue weighted by molar-refractivity contribution is 5.57. The van der Waals surface area contributed by atoms with Crippen molar-refractivity contribution in [3.8, 4) is 0 Å². The summed E-state index contributed by atoms with van der Waals surface area (Å²) in [6.45, 7) is 12.2. The lowest BCUT2D eigenvalue weighted by Crippen LogP contribution is -2.12. The Bertz CT molecular complexity index is 610. The molecule has 0 heterocycles. The SMILES string of the molecule is CCc1cccc(C)c1NCC(C)c1ccc(CC(C)C)cc1. The number of aryl methyl sites for hydroxylation is 2. The molecular weight excluding hydrogens is 278 g/mol. The van der Waals surface area contributed by atoms with E-state index in [0.717, 1.165) is 19.4 Å². The van der Waals surface area contributed by atoms with Crippen LogP contribution in [0.1, 0.15) is 55.9 Å². The highest BCUT2D eigenvalue weighted by atomic mass is 14.9. The molecule has 1 heteroatoms. The van der Waals surface area contributed by atoms with Gasteiger partial charge in [0.15, 0.2) is 0 Å². The summed E-state index contributed by atoms with van der Waals surface area (Å²) in [5.74, 6) is 1.22. The number of rotatable bonds is 7. The van der Waals surface area contributed by atoms with E-state index in [-0.39, 0.29) is 0 Å². The lowest BCUT2D eigenvalue weighted by atomic mass is 9.96. The molecule has 23 heavy (non-hydrogen) atoms. The summed E-state index contributed by atoms with van der Waals surface area (Å²) in [5, 5.41) is 3.68. The Morgan fingerprint density at radius 1 is 0.957 bits per heavy atom. The molecule has 0 amide bonds. The van der Waals surface area contributed by atoms with Crippen LogP contribution < -0.4 is 5.32 Å². The summed E-state index contributed by atoms with van der Waals surface area (Å²) < 4.78 is 0. The summed E-state index contributed by atoms with van der Waals surface area (Å²) >= 11 is 0. The standard InChI is InChI=1S/C22H31N/c1-6-20-9-7-8-17(4)22(20)23-15-18(5)21-12-10-19(11-13-21)14-16(2)3/h7-13,16,18,23H,6,14-15H2,1-5H3. The molecule has 0 aliphatic heterocycles. The maximum absolute atomic E-state index is 3.68. The average molecular weight is 309 g/mol. The van der Waals surface area contributed by atoms with Crippen LogP contribution in [-0.2, 0) is 12.8 Å². The van der Waals surface area contributed by atoms with E-state index < -0.39 is 0 Å². The highest BCUT2D eigenvalue weighted by Gasteiger charge is 2.09. The van der Waals surface area contributed by atoms with Gasteiger partial charge in [-0.3, -0.25) is 0 Å². The van der Waals surface area contributed by atoms with Crippen LogP contribution in [0.4, 0.5) is 5.69 Å². The van der Waals surface area contributed by atoms with Gasteiger partial charge in [0.1, 0.15) is 0 Å². The van der Waals surface area contributed by atoms with Gasteiger partial charge in [-0.1, -0.05) is 70.2 Å². The fourth-order valence-electron chi connectivity index (χ4n) is 3.10. The van der Waals surface area contributed by atoms with Gasteiger partial charge in [0.05, 0.1) is 0 Å². The Morgan fingerprint density at radius 2 is 1.65 bits per heavy atom. The Balaban J connectivity index is 2.01. The van der Waals surface area contributed by atoms with Crippen molar-refractivity contribution in [2.24, 2.45) is 5.92 Å². The molecule has 0 aliphatic carbocycles. The van der Waals surface area contributed by atoms with Gasteiger partial charge in [0, 0.05) is 12.2 Å². The summed E-state index contributed by atoms with van der Waals surface area (Å²) in [4.78, 5) is 0. The minimum atomic E-state index is 0.507. The monoisotopic (exact) mass is 309 g/mol. The first-order valence-electron chi connectivity index (χ1n) is 8.92. The molecule has 1 unspecified atom stereocenters. The van der Waals surface area contributed by atoms with Gasteiger partial charge in [-0.2, -0.15) is 0 Å². The van der Waals surface area contributed by atoms with Crippen LogP contribution in [0.3, 0.4) is 0 Å². The molecule has 0 saturated carbocycles. The Morgan fingerprint density at radius 3 is 2.26 bits per heavy atom. The van der Waals surface area contributed by atoms with E-state index in [9.17, 15) is 0 Å². The van der Waals surface area contributed by atoms with Crippen LogP contribution >= 0.6 is 0 Å². The Labute approximate surface area is 142 Å². The van der Waals surface area contributed by atoms with Crippen molar-refractivity contribution in [3.63, 3.8) is 0 Å². The molecule has 0 aromatic heterocycles. The van der Waals surface area contributed by atoms with Crippen LogP contribution in [-0.4, -0.2) is 6.54 Å². The van der Waals surface area contributed by atoms with Crippen LogP contribution in [0.5, 0.6) is 0 Å². The number of benzene rings is 2. The topological polar surface area (TPSA) is 12.0 Å². The maximum Gasteiger partial charge on any atom is 0.0402 e. The van der Waals surface area contributed by atoms with Gasteiger partial charge in [0.25, 0.3) is 0 Å². The molecular formula is C22H31N. The maximum atomic E-state index is 3.68. The van der Waals surface area contributed by atoms with Crippen molar-refractivity contribution in [2.45, 2.75) is 53.4 Å². The smallest absolute Gasteiger partial charge is 0.0402 e. The van der Waals surface area contributed by atoms with Crippen molar-refractivity contribution in [2.75, 3.05) is 11.9 Å². The van der Waals surface area contributed by atoms with Crippen molar-refractivity contribution < 1.29 is 0 Å². The van der Waals surface area contributed by atoms with Gasteiger partial charge in [-0.15, -0.1) is 0 Å². The number of anilines is 1. The molecule has 0 saturated heterocycles. The first-order chi connectivity index (χ1) is 11.0. The van der Waals surface area contributed by atoms with Crippen molar-refractivity contribution in [3.05, 3.63) is 64.7 Å². The second-order valence-electron chi connectivity index (χ2n) is 7.08. The predicted molar refractivity (Wildman–Crippen MR) is 102 cm³/mol. The summed E-state index contributed by atoms with van der Waals surface area (Å²) in [6.07, 6.45) is 2.23. The summed E-state index contributed by atoms with van der Waals surface area (Å²) in [7, 11) is 0.